The van der Waals surface area contributed by atoms with E-state index in [9.17, 15) is 19.7 Å². The molecule has 1 aliphatic heterocycles. The molecule has 1 amide bonds. The first-order valence-electron chi connectivity index (χ1n) is 6.33. The Labute approximate surface area is 124 Å². The first-order chi connectivity index (χ1) is 9.97. The predicted octanol–water partition coefficient (Wildman–Crippen LogP) is 1.36. The molecule has 0 radical (unpaired) electrons. The summed E-state index contributed by atoms with van der Waals surface area (Å²) in [6.45, 7) is 0.564. The molecule has 0 saturated carbocycles. The Bertz CT molecular complexity index is 550. The maximum Gasteiger partial charge on any atom is 0.329 e. The van der Waals surface area contributed by atoms with E-state index in [1.807, 2.05) is 0 Å². The van der Waals surface area contributed by atoms with Crippen molar-refractivity contribution < 1.29 is 24.4 Å². The van der Waals surface area contributed by atoms with Crippen LogP contribution in [0, 0.1) is 10.1 Å². The molecular weight excluding hydrogens is 300 g/mol. The number of thiophene rings is 1. The van der Waals surface area contributed by atoms with E-state index < -0.39 is 10.9 Å². The third kappa shape index (κ3) is 3.99. The predicted molar refractivity (Wildman–Crippen MR) is 73.5 cm³/mol. The Morgan fingerprint density at radius 1 is 1.48 bits per heavy atom. The SMILES string of the molecule is O=C(O)COC1CCN(C(=O)c2csc([N+](=O)[O-])c2)CC1. The van der Waals surface area contributed by atoms with Crippen molar-refractivity contribution in [2.75, 3.05) is 19.7 Å². The van der Waals surface area contributed by atoms with Gasteiger partial charge in [0.25, 0.3) is 5.91 Å². The molecule has 0 aromatic carbocycles. The number of nitrogens with zero attached hydrogens (tertiary/aromatic N) is 2. The zero-order chi connectivity index (χ0) is 15.4. The fourth-order valence-electron chi connectivity index (χ4n) is 2.13. The number of carbonyl (C=O) groups is 2. The van der Waals surface area contributed by atoms with Crippen LogP contribution in [0.5, 0.6) is 0 Å². The number of piperidine rings is 1. The molecule has 2 heterocycles. The van der Waals surface area contributed by atoms with E-state index >= 15 is 0 Å². The zero-order valence-corrected chi connectivity index (χ0v) is 11.9. The molecule has 0 bridgehead atoms. The van der Waals surface area contributed by atoms with Gasteiger partial charge in [0, 0.05) is 24.5 Å². The average Bonchev–Trinajstić information content (AvgIpc) is 2.95. The Morgan fingerprint density at radius 3 is 2.67 bits per heavy atom. The van der Waals surface area contributed by atoms with Gasteiger partial charge in [-0.25, -0.2) is 4.79 Å². The van der Waals surface area contributed by atoms with E-state index in [4.69, 9.17) is 9.84 Å². The summed E-state index contributed by atoms with van der Waals surface area (Å²) in [7, 11) is 0. The van der Waals surface area contributed by atoms with Crippen molar-refractivity contribution in [2.45, 2.75) is 18.9 Å². The van der Waals surface area contributed by atoms with Crippen molar-refractivity contribution in [1.82, 2.24) is 4.90 Å². The van der Waals surface area contributed by atoms with Crippen LogP contribution in [0.2, 0.25) is 0 Å². The Hall–Kier alpha value is -2.00. The second-order valence-electron chi connectivity index (χ2n) is 4.63. The highest BCUT2D eigenvalue weighted by molar-refractivity contribution is 7.13. The highest BCUT2D eigenvalue weighted by Gasteiger charge is 2.26. The molecule has 0 aliphatic carbocycles. The molecule has 0 spiro atoms. The summed E-state index contributed by atoms with van der Waals surface area (Å²) < 4.78 is 5.19. The lowest BCUT2D eigenvalue weighted by Gasteiger charge is -2.31. The lowest BCUT2D eigenvalue weighted by Crippen LogP contribution is -2.41. The summed E-state index contributed by atoms with van der Waals surface area (Å²) in [5.74, 6) is -1.25. The number of nitro groups is 1. The maximum atomic E-state index is 12.2. The summed E-state index contributed by atoms with van der Waals surface area (Å²) >= 11 is 0.925. The molecule has 114 valence electrons. The van der Waals surface area contributed by atoms with Crippen LogP contribution < -0.4 is 0 Å². The molecule has 1 aliphatic rings. The summed E-state index contributed by atoms with van der Waals surface area (Å²) in [4.78, 5) is 34.3. The smallest absolute Gasteiger partial charge is 0.329 e. The maximum absolute atomic E-state index is 12.2. The molecule has 1 aromatic rings. The largest absolute Gasteiger partial charge is 0.480 e. The van der Waals surface area contributed by atoms with Gasteiger partial charge >= 0.3 is 11.0 Å². The standard InChI is InChI=1S/C12H14N2O6S/c15-11(16)6-20-9-1-3-13(4-2-9)12(17)8-5-10(14(18)19)21-7-8/h5,7,9H,1-4,6H2,(H,15,16). The van der Waals surface area contributed by atoms with Gasteiger partial charge in [0.1, 0.15) is 6.61 Å². The van der Waals surface area contributed by atoms with Crippen LogP contribution in [-0.4, -0.2) is 52.6 Å². The van der Waals surface area contributed by atoms with Crippen LogP contribution in [0.4, 0.5) is 5.00 Å². The van der Waals surface area contributed by atoms with Crippen LogP contribution in [0.3, 0.4) is 0 Å². The second kappa shape index (κ2) is 6.64. The highest BCUT2D eigenvalue weighted by atomic mass is 32.1. The van der Waals surface area contributed by atoms with Gasteiger partial charge in [0.2, 0.25) is 0 Å². The summed E-state index contributed by atoms with van der Waals surface area (Å²) in [6, 6.07) is 1.28. The molecule has 21 heavy (non-hydrogen) atoms. The number of aliphatic carboxylic acids is 1. The van der Waals surface area contributed by atoms with Gasteiger partial charge in [-0.2, -0.15) is 0 Å². The minimum atomic E-state index is -1.01. The quantitative estimate of drug-likeness (QED) is 0.649. The second-order valence-corrected chi connectivity index (χ2v) is 5.52. The number of hydrogen-bond acceptors (Lipinski definition) is 6. The van der Waals surface area contributed by atoms with Crippen molar-refractivity contribution in [3.05, 3.63) is 27.1 Å². The van der Waals surface area contributed by atoms with E-state index in [2.05, 4.69) is 0 Å². The Morgan fingerprint density at radius 2 is 2.14 bits per heavy atom. The van der Waals surface area contributed by atoms with Crippen LogP contribution in [0.15, 0.2) is 11.4 Å². The minimum absolute atomic E-state index is 0.0574. The van der Waals surface area contributed by atoms with Crippen LogP contribution >= 0.6 is 11.3 Å². The van der Waals surface area contributed by atoms with Gasteiger partial charge in [0.05, 0.1) is 16.6 Å². The van der Waals surface area contributed by atoms with Gasteiger partial charge in [-0.3, -0.25) is 14.9 Å². The highest BCUT2D eigenvalue weighted by Crippen LogP contribution is 2.24. The van der Waals surface area contributed by atoms with Crippen molar-refractivity contribution in [2.24, 2.45) is 0 Å². The molecule has 1 N–H and O–H groups in total. The first-order valence-corrected chi connectivity index (χ1v) is 7.21. The number of rotatable bonds is 5. The van der Waals surface area contributed by atoms with E-state index in [-0.39, 0.29) is 23.6 Å². The number of carboxylic acid groups (broad SMARTS) is 1. The number of carbonyl (C=O) groups excluding carboxylic acids is 1. The average molecular weight is 314 g/mol. The van der Waals surface area contributed by atoms with Crippen LogP contribution in [-0.2, 0) is 9.53 Å². The van der Waals surface area contributed by atoms with Crippen LogP contribution in [0.25, 0.3) is 0 Å². The molecule has 1 aromatic heterocycles. The summed E-state index contributed by atoms with van der Waals surface area (Å²) in [5, 5.41) is 20.6. The van der Waals surface area contributed by atoms with E-state index in [1.54, 1.807) is 4.90 Å². The van der Waals surface area contributed by atoms with E-state index in [1.165, 1.54) is 11.4 Å². The number of hydrogen-bond donors (Lipinski definition) is 1. The molecule has 2 rings (SSSR count). The Balaban J connectivity index is 1.87. The van der Waals surface area contributed by atoms with Gasteiger partial charge in [0.15, 0.2) is 0 Å². The van der Waals surface area contributed by atoms with Crippen LogP contribution in [0.1, 0.15) is 23.2 Å². The van der Waals surface area contributed by atoms with Crippen molar-refractivity contribution in [3.8, 4) is 0 Å². The van der Waals surface area contributed by atoms with Crippen molar-refractivity contribution >= 4 is 28.2 Å². The number of ether oxygens (including phenoxy) is 1. The first kappa shape index (κ1) is 15.4. The fourth-order valence-corrected chi connectivity index (χ4v) is 2.83. The minimum Gasteiger partial charge on any atom is -0.480 e. The van der Waals surface area contributed by atoms with E-state index in [0.29, 0.717) is 31.5 Å². The molecule has 8 nitrogen and oxygen atoms in total. The van der Waals surface area contributed by atoms with Crippen molar-refractivity contribution in [1.29, 1.82) is 0 Å². The number of likely N-dealkylation sites (tertiary alicyclic amines) is 1. The van der Waals surface area contributed by atoms with Gasteiger partial charge < -0.3 is 14.7 Å². The van der Waals surface area contributed by atoms with Crippen molar-refractivity contribution in [3.63, 3.8) is 0 Å². The number of carboxylic acids is 1. The fraction of sp³-hybridized carbons (Fsp3) is 0.500. The summed E-state index contributed by atoms with van der Waals surface area (Å²) in [5.41, 5.74) is 0.316. The van der Waals surface area contributed by atoms with Gasteiger partial charge in [-0.15, -0.1) is 0 Å². The molecule has 1 saturated heterocycles. The molecular formula is C12H14N2O6S. The Kier molecular flexibility index (Phi) is 4.86. The van der Waals surface area contributed by atoms with E-state index in [0.717, 1.165) is 11.3 Å². The zero-order valence-electron chi connectivity index (χ0n) is 11.1. The third-order valence-corrected chi connectivity index (χ3v) is 4.06. The van der Waals surface area contributed by atoms with Gasteiger partial charge in [-0.05, 0) is 12.8 Å². The van der Waals surface area contributed by atoms with Gasteiger partial charge in [-0.1, -0.05) is 11.3 Å². The molecule has 0 atom stereocenters. The normalized spacial score (nSPS) is 15.9. The topological polar surface area (TPSA) is 110 Å². The number of amides is 1. The lowest BCUT2D eigenvalue weighted by atomic mass is 10.1. The summed E-state index contributed by atoms with van der Waals surface area (Å²) in [6.07, 6.45) is 0.957. The molecule has 9 heteroatoms. The lowest BCUT2D eigenvalue weighted by molar-refractivity contribution is -0.380. The monoisotopic (exact) mass is 314 g/mol. The molecule has 1 fully saturated rings. The third-order valence-electron chi connectivity index (χ3n) is 3.18. The molecule has 0 unspecified atom stereocenters.